The Hall–Kier alpha value is -1.32. The molecule has 1 aromatic rings. The zero-order chi connectivity index (χ0) is 15.5. The largest absolute Gasteiger partial charge is 0.454 e. The van der Waals surface area contributed by atoms with Crippen LogP contribution in [0.4, 0.5) is 13.2 Å². The van der Waals surface area contributed by atoms with Gasteiger partial charge in [-0.25, -0.2) is 0 Å². The summed E-state index contributed by atoms with van der Waals surface area (Å²) in [5.41, 5.74) is 1.35. The third kappa shape index (κ3) is 4.99. The Morgan fingerprint density at radius 2 is 1.35 bits per heavy atom. The molecule has 0 amide bonds. The van der Waals surface area contributed by atoms with Crippen molar-refractivity contribution in [3.05, 3.63) is 34.9 Å². The van der Waals surface area contributed by atoms with Crippen LogP contribution >= 0.6 is 0 Å². The molecule has 1 nitrogen and oxygen atoms in total. The van der Waals surface area contributed by atoms with E-state index < -0.39 is 12.0 Å². The highest BCUT2D eigenvalue weighted by atomic mass is 19.4. The lowest BCUT2D eigenvalue weighted by molar-refractivity contribution is -0.0885. The summed E-state index contributed by atoms with van der Waals surface area (Å²) in [5, 5.41) is 0. The molecule has 0 atom stereocenters. The summed E-state index contributed by atoms with van der Waals surface area (Å²) in [6, 6.07) is 4.66. The summed E-state index contributed by atoms with van der Waals surface area (Å²) in [7, 11) is 0. The molecule has 0 fully saturated rings. The van der Waals surface area contributed by atoms with Crippen LogP contribution in [-0.4, -0.2) is 12.0 Å². The Morgan fingerprint density at radius 3 is 1.65 bits per heavy atom. The van der Waals surface area contributed by atoms with Crippen molar-refractivity contribution < 1.29 is 18.0 Å². The highest BCUT2D eigenvalue weighted by Gasteiger charge is 2.39. The van der Waals surface area contributed by atoms with Gasteiger partial charge >= 0.3 is 6.18 Å². The van der Waals surface area contributed by atoms with Crippen LogP contribution in [-0.2, 0) is 12.8 Å². The van der Waals surface area contributed by atoms with E-state index in [1.54, 1.807) is 0 Å². The maximum atomic E-state index is 12.6. The van der Waals surface area contributed by atoms with Gasteiger partial charge in [0.15, 0.2) is 0 Å². The van der Waals surface area contributed by atoms with Crippen LogP contribution in [0.1, 0.15) is 49.2 Å². The predicted octanol–water partition coefficient (Wildman–Crippen LogP) is 4.83. The zero-order valence-electron chi connectivity index (χ0n) is 12.3. The number of hydrogen-bond acceptors (Lipinski definition) is 1. The number of benzene rings is 1. The number of carbonyl (C=O) groups is 1. The quantitative estimate of drug-likeness (QED) is 0.709. The minimum Gasteiger partial charge on any atom is -0.284 e. The van der Waals surface area contributed by atoms with Gasteiger partial charge in [0.05, 0.1) is 0 Å². The smallest absolute Gasteiger partial charge is 0.284 e. The monoisotopic (exact) mass is 286 g/mol. The van der Waals surface area contributed by atoms with Crippen molar-refractivity contribution >= 4 is 5.78 Å². The first-order valence-electron chi connectivity index (χ1n) is 6.84. The Bertz CT molecular complexity index is 445. The maximum Gasteiger partial charge on any atom is 0.454 e. The first-order chi connectivity index (χ1) is 9.09. The Kier molecular flexibility index (Phi) is 5.37. The Morgan fingerprint density at radius 1 is 0.950 bits per heavy atom. The molecule has 0 unspecified atom stereocenters. The van der Waals surface area contributed by atoms with Crippen LogP contribution < -0.4 is 0 Å². The van der Waals surface area contributed by atoms with Gasteiger partial charge in [-0.3, -0.25) is 4.79 Å². The molecule has 0 saturated heterocycles. The average Bonchev–Trinajstić information content (AvgIpc) is 2.24. The van der Waals surface area contributed by atoms with Crippen LogP contribution in [0, 0.1) is 11.8 Å². The van der Waals surface area contributed by atoms with Crippen molar-refractivity contribution in [3.63, 3.8) is 0 Å². The summed E-state index contributed by atoms with van der Waals surface area (Å²) in [4.78, 5) is 11.4. The van der Waals surface area contributed by atoms with Gasteiger partial charge in [0.2, 0.25) is 0 Å². The average molecular weight is 286 g/mol. The van der Waals surface area contributed by atoms with E-state index in [1.807, 2.05) is 33.8 Å². The van der Waals surface area contributed by atoms with E-state index in [0.717, 1.165) is 11.1 Å². The zero-order valence-corrected chi connectivity index (χ0v) is 12.3. The minimum absolute atomic E-state index is 0.244. The Balaban J connectivity index is 3.19. The van der Waals surface area contributed by atoms with Gasteiger partial charge in [-0.05, 0) is 47.9 Å². The fraction of sp³-hybridized carbons (Fsp3) is 0.562. The van der Waals surface area contributed by atoms with Crippen LogP contribution in [0.5, 0.6) is 0 Å². The summed E-state index contributed by atoms with van der Waals surface area (Å²) in [6.45, 7) is 8.00. The van der Waals surface area contributed by atoms with Gasteiger partial charge in [-0.15, -0.1) is 0 Å². The molecule has 4 heteroatoms. The second-order valence-corrected chi connectivity index (χ2v) is 6.06. The van der Waals surface area contributed by atoms with Crippen LogP contribution in [0.25, 0.3) is 0 Å². The SMILES string of the molecule is CC(C)Cc1cc(CC(C)C)cc(C(=O)C(F)(F)F)c1. The number of alkyl halides is 3. The predicted molar refractivity (Wildman–Crippen MR) is 73.9 cm³/mol. The molecule has 0 bridgehead atoms. The standard InChI is InChI=1S/C16H21F3O/c1-10(2)5-12-7-13(6-11(3)4)9-14(8-12)15(20)16(17,18)19/h7-11H,5-6H2,1-4H3. The van der Waals surface area contributed by atoms with Crippen LogP contribution in [0.3, 0.4) is 0 Å². The molecule has 112 valence electrons. The lowest BCUT2D eigenvalue weighted by atomic mass is 9.93. The fourth-order valence-electron chi connectivity index (χ4n) is 2.24. The molecule has 0 heterocycles. The lowest BCUT2D eigenvalue weighted by Crippen LogP contribution is -2.23. The number of carbonyl (C=O) groups excluding carboxylic acids is 1. The van der Waals surface area contributed by atoms with E-state index >= 15 is 0 Å². The molecule has 20 heavy (non-hydrogen) atoms. The Labute approximate surface area is 118 Å². The van der Waals surface area contributed by atoms with Crippen molar-refractivity contribution in [2.75, 3.05) is 0 Å². The molecule has 0 aromatic heterocycles. The third-order valence-electron chi connectivity index (χ3n) is 2.86. The van der Waals surface area contributed by atoms with Gasteiger partial charge in [0.1, 0.15) is 0 Å². The number of ketones is 1. The van der Waals surface area contributed by atoms with Crippen LogP contribution in [0.2, 0.25) is 0 Å². The van der Waals surface area contributed by atoms with E-state index in [1.165, 1.54) is 12.1 Å². The van der Waals surface area contributed by atoms with Gasteiger partial charge in [0.25, 0.3) is 5.78 Å². The number of Topliss-reactive ketones (excluding diaryl/α,β-unsaturated/α-hetero) is 1. The molecule has 1 rings (SSSR count). The minimum atomic E-state index is -4.81. The molecule has 0 aliphatic rings. The van der Waals surface area contributed by atoms with E-state index in [0.29, 0.717) is 24.7 Å². The maximum absolute atomic E-state index is 12.6. The third-order valence-corrected chi connectivity index (χ3v) is 2.86. The molecule has 0 N–H and O–H groups in total. The molecular weight excluding hydrogens is 265 g/mol. The number of rotatable bonds is 5. The van der Waals surface area contributed by atoms with Crippen molar-refractivity contribution in [3.8, 4) is 0 Å². The van der Waals surface area contributed by atoms with Gasteiger partial charge < -0.3 is 0 Å². The number of hydrogen-bond donors (Lipinski definition) is 0. The lowest BCUT2D eigenvalue weighted by Gasteiger charge is -2.13. The van der Waals surface area contributed by atoms with E-state index in [9.17, 15) is 18.0 Å². The molecular formula is C16H21F3O. The van der Waals surface area contributed by atoms with Crippen LogP contribution in [0.15, 0.2) is 18.2 Å². The van der Waals surface area contributed by atoms with Crippen molar-refractivity contribution in [1.29, 1.82) is 0 Å². The highest BCUT2D eigenvalue weighted by molar-refractivity contribution is 6.00. The highest BCUT2D eigenvalue weighted by Crippen LogP contribution is 2.24. The van der Waals surface area contributed by atoms with Gasteiger partial charge in [-0.1, -0.05) is 33.8 Å². The van der Waals surface area contributed by atoms with Crippen molar-refractivity contribution in [2.24, 2.45) is 11.8 Å². The molecule has 0 radical (unpaired) electrons. The van der Waals surface area contributed by atoms with E-state index in [4.69, 9.17) is 0 Å². The summed E-state index contributed by atoms with van der Waals surface area (Å²) < 4.78 is 37.7. The first kappa shape index (κ1) is 16.7. The van der Waals surface area contributed by atoms with E-state index in [2.05, 4.69) is 0 Å². The summed E-state index contributed by atoms with van der Waals surface area (Å²) in [6.07, 6.45) is -3.47. The molecule has 0 spiro atoms. The topological polar surface area (TPSA) is 17.1 Å². The first-order valence-corrected chi connectivity index (χ1v) is 6.84. The second-order valence-electron chi connectivity index (χ2n) is 6.06. The second kappa shape index (κ2) is 6.42. The summed E-state index contributed by atoms with van der Waals surface area (Å²) in [5.74, 6) is -1.09. The fourth-order valence-corrected chi connectivity index (χ4v) is 2.24. The molecule has 0 aliphatic heterocycles. The summed E-state index contributed by atoms with van der Waals surface area (Å²) >= 11 is 0. The van der Waals surface area contributed by atoms with Crippen molar-refractivity contribution in [1.82, 2.24) is 0 Å². The molecule has 1 aromatic carbocycles. The normalized spacial score (nSPS) is 12.2. The molecule has 0 saturated carbocycles. The number of halogens is 3. The van der Waals surface area contributed by atoms with E-state index in [-0.39, 0.29) is 5.56 Å². The van der Waals surface area contributed by atoms with Crippen molar-refractivity contribution in [2.45, 2.75) is 46.7 Å². The van der Waals surface area contributed by atoms with Gasteiger partial charge in [-0.2, -0.15) is 13.2 Å². The molecule has 0 aliphatic carbocycles. The van der Waals surface area contributed by atoms with Gasteiger partial charge in [0, 0.05) is 5.56 Å².